The van der Waals surface area contributed by atoms with Crippen LogP contribution in [0.25, 0.3) is 0 Å². The van der Waals surface area contributed by atoms with Crippen molar-refractivity contribution in [3.63, 3.8) is 0 Å². The van der Waals surface area contributed by atoms with Crippen molar-refractivity contribution in [3.05, 3.63) is 29.8 Å². The number of amides is 1. The van der Waals surface area contributed by atoms with Crippen molar-refractivity contribution < 1.29 is 9.90 Å². The molecular formula is C14H22N2O2. The number of benzene rings is 1. The Hall–Kier alpha value is -1.55. The summed E-state index contributed by atoms with van der Waals surface area (Å²) in [6.07, 6.45) is 0. The van der Waals surface area contributed by atoms with Crippen molar-refractivity contribution in [2.45, 2.75) is 26.8 Å². The molecule has 0 saturated carbocycles. The summed E-state index contributed by atoms with van der Waals surface area (Å²) < 4.78 is 0. The second-order valence-electron chi connectivity index (χ2n) is 4.29. The quantitative estimate of drug-likeness (QED) is 0.811. The standard InChI is InChI=1S/C14H22N2O2/c1-4-15-14(18)10-16(5-2)11(3)12-7-6-8-13(17)9-12/h6-9,11,17H,4-5,10H2,1-3H3,(H,15,18). The van der Waals surface area contributed by atoms with Gasteiger partial charge in [0.2, 0.25) is 5.91 Å². The highest BCUT2D eigenvalue weighted by atomic mass is 16.3. The van der Waals surface area contributed by atoms with Crippen molar-refractivity contribution in [1.82, 2.24) is 10.2 Å². The second-order valence-corrected chi connectivity index (χ2v) is 4.29. The molecule has 4 nitrogen and oxygen atoms in total. The summed E-state index contributed by atoms with van der Waals surface area (Å²) in [5.41, 5.74) is 1.01. The number of phenols is 1. The van der Waals surface area contributed by atoms with Gasteiger partial charge in [-0.3, -0.25) is 9.69 Å². The zero-order valence-electron chi connectivity index (χ0n) is 11.3. The number of carbonyl (C=O) groups is 1. The fraction of sp³-hybridized carbons (Fsp3) is 0.500. The van der Waals surface area contributed by atoms with Gasteiger partial charge in [0.15, 0.2) is 0 Å². The Morgan fingerprint density at radius 2 is 2.17 bits per heavy atom. The molecule has 1 rings (SSSR count). The van der Waals surface area contributed by atoms with Crippen LogP contribution < -0.4 is 5.32 Å². The van der Waals surface area contributed by atoms with Crippen LogP contribution in [0.2, 0.25) is 0 Å². The van der Waals surface area contributed by atoms with Crippen LogP contribution >= 0.6 is 0 Å². The van der Waals surface area contributed by atoms with Crippen LogP contribution in [-0.2, 0) is 4.79 Å². The SMILES string of the molecule is CCNC(=O)CN(CC)C(C)c1cccc(O)c1. The van der Waals surface area contributed by atoms with Gasteiger partial charge in [-0.05, 0) is 38.1 Å². The minimum Gasteiger partial charge on any atom is -0.508 e. The van der Waals surface area contributed by atoms with E-state index in [0.717, 1.165) is 12.1 Å². The molecule has 2 N–H and O–H groups in total. The molecule has 1 unspecified atom stereocenters. The average molecular weight is 250 g/mol. The van der Waals surface area contributed by atoms with E-state index in [1.54, 1.807) is 12.1 Å². The van der Waals surface area contributed by atoms with E-state index >= 15 is 0 Å². The average Bonchev–Trinajstić information content (AvgIpc) is 2.35. The van der Waals surface area contributed by atoms with E-state index in [0.29, 0.717) is 13.1 Å². The molecule has 0 aliphatic heterocycles. The molecule has 100 valence electrons. The molecule has 1 aromatic rings. The molecule has 0 fully saturated rings. The normalized spacial score (nSPS) is 12.4. The molecule has 0 aliphatic rings. The first-order chi connectivity index (χ1) is 8.58. The summed E-state index contributed by atoms with van der Waals surface area (Å²) in [4.78, 5) is 13.7. The van der Waals surface area contributed by atoms with Gasteiger partial charge < -0.3 is 10.4 Å². The maximum absolute atomic E-state index is 11.6. The monoisotopic (exact) mass is 250 g/mol. The number of rotatable bonds is 6. The lowest BCUT2D eigenvalue weighted by atomic mass is 10.1. The zero-order valence-corrected chi connectivity index (χ0v) is 11.3. The minimum absolute atomic E-state index is 0.0337. The van der Waals surface area contributed by atoms with E-state index < -0.39 is 0 Å². The van der Waals surface area contributed by atoms with Gasteiger partial charge in [-0.2, -0.15) is 0 Å². The third-order valence-electron chi connectivity index (χ3n) is 3.03. The van der Waals surface area contributed by atoms with Gasteiger partial charge in [-0.15, -0.1) is 0 Å². The summed E-state index contributed by atoms with van der Waals surface area (Å²) in [5, 5.41) is 12.3. The van der Waals surface area contributed by atoms with Gasteiger partial charge in [0, 0.05) is 12.6 Å². The summed E-state index contributed by atoms with van der Waals surface area (Å²) >= 11 is 0. The maximum Gasteiger partial charge on any atom is 0.234 e. The lowest BCUT2D eigenvalue weighted by molar-refractivity contribution is -0.122. The van der Waals surface area contributed by atoms with E-state index in [4.69, 9.17) is 0 Å². The van der Waals surface area contributed by atoms with Gasteiger partial charge in [-0.25, -0.2) is 0 Å². The van der Waals surface area contributed by atoms with Crippen molar-refractivity contribution >= 4 is 5.91 Å². The van der Waals surface area contributed by atoms with E-state index in [-0.39, 0.29) is 17.7 Å². The Bertz CT molecular complexity index is 393. The number of phenolic OH excluding ortho intramolecular Hbond substituents is 1. The van der Waals surface area contributed by atoms with Crippen LogP contribution in [0.3, 0.4) is 0 Å². The second kappa shape index (κ2) is 7.01. The molecule has 0 bridgehead atoms. The van der Waals surface area contributed by atoms with E-state index in [2.05, 4.69) is 10.2 Å². The Morgan fingerprint density at radius 1 is 1.44 bits per heavy atom. The fourth-order valence-electron chi connectivity index (χ4n) is 1.96. The van der Waals surface area contributed by atoms with Crippen molar-refractivity contribution in [2.75, 3.05) is 19.6 Å². The number of nitrogens with one attached hydrogen (secondary N) is 1. The summed E-state index contributed by atoms with van der Waals surface area (Å²) in [5.74, 6) is 0.291. The van der Waals surface area contributed by atoms with E-state index in [1.165, 1.54) is 0 Å². The fourth-order valence-corrected chi connectivity index (χ4v) is 1.96. The molecule has 0 radical (unpaired) electrons. The topological polar surface area (TPSA) is 52.6 Å². The summed E-state index contributed by atoms with van der Waals surface area (Å²) in [7, 11) is 0. The number of aromatic hydroxyl groups is 1. The Labute approximate surface area is 109 Å². The van der Waals surface area contributed by atoms with Gasteiger partial charge in [0.05, 0.1) is 6.54 Å². The Balaban J connectivity index is 2.72. The van der Waals surface area contributed by atoms with Gasteiger partial charge in [-0.1, -0.05) is 19.1 Å². The molecular weight excluding hydrogens is 228 g/mol. The first-order valence-corrected chi connectivity index (χ1v) is 6.38. The maximum atomic E-state index is 11.6. The highest BCUT2D eigenvalue weighted by Gasteiger charge is 2.17. The third-order valence-corrected chi connectivity index (χ3v) is 3.03. The van der Waals surface area contributed by atoms with Crippen LogP contribution in [0.1, 0.15) is 32.4 Å². The molecule has 1 amide bonds. The van der Waals surface area contributed by atoms with Crippen LogP contribution in [0.15, 0.2) is 24.3 Å². The molecule has 1 aromatic carbocycles. The highest BCUT2D eigenvalue weighted by molar-refractivity contribution is 5.78. The number of carbonyl (C=O) groups excluding carboxylic acids is 1. The molecule has 0 saturated heterocycles. The molecule has 18 heavy (non-hydrogen) atoms. The zero-order chi connectivity index (χ0) is 13.5. The molecule has 4 heteroatoms. The van der Waals surface area contributed by atoms with Crippen molar-refractivity contribution in [3.8, 4) is 5.75 Å². The Morgan fingerprint density at radius 3 is 2.72 bits per heavy atom. The van der Waals surface area contributed by atoms with Gasteiger partial charge in [0.1, 0.15) is 5.75 Å². The van der Waals surface area contributed by atoms with Crippen LogP contribution in [0.4, 0.5) is 0 Å². The lowest BCUT2D eigenvalue weighted by Gasteiger charge is -2.27. The third kappa shape index (κ3) is 4.04. The predicted molar refractivity (Wildman–Crippen MR) is 72.5 cm³/mol. The number of nitrogens with zero attached hydrogens (tertiary/aromatic N) is 1. The van der Waals surface area contributed by atoms with E-state index in [9.17, 15) is 9.90 Å². The molecule has 0 aromatic heterocycles. The summed E-state index contributed by atoms with van der Waals surface area (Å²) in [6.45, 7) is 7.79. The highest BCUT2D eigenvalue weighted by Crippen LogP contribution is 2.22. The van der Waals surface area contributed by atoms with Gasteiger partial charge in [0.25, 0.3) is 0 Å². The predicted octanol–water partition coefficient (Wildman–Crippen LogP) is 1.91. The van der Waals surface area contributed by atoms with Crippen molar-refractivity contribution in [2.24, 2.45) is 0 Å². The largest absolute Gasteiger partial charge is 0.508 e. The number of hydrogen-bond acceptors (Lipinski definition) is 3. The van der Waals surface area contributed by atoms with Crippen LogP contribution in [-0.4, -0.2) is 35.5 Å². The smallest absolute Gasteiger partial charge is 0.234 e. The summed E-state index contributed by atoms with van der Waals surface area (Å²) in [6, 6.07) is 7.28. The number of hydrogen-bond donors (Lipinski definition) is 2. The van der Waals surface area contributed by atoms with Crippen LogP contribution in [0, 0.1) is 0 Å². The Kier molecular flexibility index (Phi) is 5.65. The molecule has 0 spiro atoms. The first-order valence-electron chi connectivity index (χ1n) is 6.38. The molecule has 1 atom stereocenters. The van der Waals surface area contributed by atoms with Gasteiger partial charge >= 0.3 is 0 Å². The number of likely N-dealkylation sites (N-methyl/N-ethyl adjacent to an activating group) is 2. The lowest BCUT2D eigenvalue weighted by Crippen LogP contribution is -2.38. The van der Waals surface area contributed by atoms with E-state index in [1.807, 2.05) is 32.9 Å². The molecule has 0 aliphatic carbocycles. The minimum atomic E-state index is 0.0337. The van der Waals surface area contributed by atoms with Crippen molar-refractivity contribution in [1.29, 1.82) is 0 Å². The molecule has 0 heterocycles. The first kappa shape index (κ1) is 14.5. The van der Waals surface area contributed by atoms with Crippen LogP contribution in [0.5, 0.6) is 5.75 Å².